The second kappa shape index (κ2) is 6.26. The van der Waals surface area contributed by atoms with Crippen LogP contribution in [-0.2, 0) is 6.54 Å². The van der Waals surface area contributed by atoms with Gasteiger partial charge in [-0.1, -0.05) is 12.1 Å². The highest BCUT2D eigenvalue weighted by Crippen LogP contribution is 2.13. The van der Waals surface area contributed by atoms with E-state index >= 15 is 0 Å². The van der Waals surface area contributed by atoms with E-state index in [2.05, 4.69) is 4.98 Å². The third-order valence-electron chi connectivity index (χ3n) is 3.27. The Balaban J connectivity index is 2.11. The number of amides is 1. The van der Waals surface area contributed by atoms with Crippen LogP contribution in [0.4, 0.5) is 5.69 Å². The highest BCUT2D eigenvalue weighted by Gasteiger charge is 2.14. The lowest BCUT2D eigenvalue weighted by atomic mass is 10.1. The van der Waals surface area contributed by atoms with Gasteiger partial charge in [0.2, 0.25) is 0 Å². The van der Waals surface area contributed by atoms with Crippen molar-refractivity contribution in [1.29, 1.82) is 0 Å². The molecule has 1 aromatic carbocycles. The molecule has 2 rings (SSSR count). The quantitative estimate of drug-likeness (QED) is 0.930. The van der Waals surface area contributed by atoms with Gasteiger partial charge in [-0.3, -0.25) is 9.59 Å². The van der Waals surface area contributed by atoms with Crippen molar-refractivity contribution in [1.82, 2.24) is 9.88 Å². The fourth-order valence-electron chi connectivity index (χ4n) is 2.03. The normalized spacial score (nSPS) is 10.2. The summed E-state index contributed by atoms with van der Waals surface area (Å²) < 4.78 is 0. The Morgan fingerprint density at radius 2 is 1.76 bits per heavy atom. The number of aromatic nitrogens is 1. The summed E-state index contributed by atoms with van der Waals surface area (Å²) in [6.07, 6.45) is 2.95. The van der Waals surface area contributed by atoms with Gasteiger partial charge in [-0.05, 0) is 17.7 Å². The van der Waals surface area contributed by atoms with Crippen LogP contribution >= 0.6 is 0 Å². The summed E-state index contributed by atoms with van der Waals surface area (Å²) in [5.74, 6) is -0.284. The van der Waals surface area contributed by atoms with Crippen LogP contribution in [0.3, 0.4) is 0 Å². The molecule has 0 aliphatic rings. The predicted octanol–water partition coefficient (Wildman–Crippen LogP) is 1.71. The lowest BCUT2D eigenvalue weighted by Crippen LogP contribution is -2.30. The van der Waals surface area contributed by atoms with Crippen molar-refractivity contribution >= 4 is 11.6 Å². The number of benzene rings is 1. The molecule has 0 bridgehead atoms. The average molecular weight is 285 g/mol. The highest BCUT2D eigenvalue weighted by molar-refractivity contribution is 5.93. The molecule has 0 aliphatic heterocycles. The van der Waals surface area contributed by atoms with Crippen LogP contribution in [0.25, 0.3) is 0 Å². The SMILES string of the molecule is CN(Cc1ccc(N(C)C)cc1)C(=O)c1c[nH]ccc1=O. The Labute approximate surface area is 123 Å². The van der Waals surface area contributed by atoms with Gasteiger partial charge in [0.15, 0.2) is 5.43 Å². The summed E-state index contributed by atoms with van der Waals surface area (Å²) in [7, 11) is 5.65. The zero-order valence-electron chi connectivity index (χ0n) is 12.5. The second-order valence-electron chi connectivity index (χ2n) is 5.14. The van der Waals surface area contributed by atoms with Gasteiger partial charge in [0.25, 0.3) is 5.91 Å². The van der Waals surface area contributed by atoms with E-state index in [4.69, 9.17) is 0 Å². The van der Waals surface area contributed by atoms with Crippen LogP contribution in [0.15, 0.2) is 47.5 Å². The Bertz CT molecular complexity index is 674. The number of carbonyl (C=O) groups excluding carboxylic acids is 1. The Morgan fingerprint density at radius 1 is 1.10 bits per heavy atom. The number of nitrogens with zero attached hydrogens (tertiary/aromatic N) is 2. The van der Waals surface area contributed by atoms with Crippen molar-refractivity contribution in [3.8, 4) is 0 Å². The molecule has 1 amide bonds. The van der Waals surface area contributed by atoms with Crippen LogP contribution in [0.1, 0.15) is 15.9 Å². The summed E-state index contributed by atoms with van der Waals surface area (Å²) in [4.78, 5) is 30.2. The Hall–Kier alpha value is -2.56. The van der Waals surface area contributed by atoms with Crippen LogP contribution < -0.4 is 10.3 Å². The molecule has 0 saturated carbocycles. The molecule has 0 fully saturated rings. The molecule has 2 aromatic rings. The summed E-state index contributed by atoms with van der Waals surface area (Å²) in [6.45, 7) is 0.459. The third kappa shape index (κ3) is 3.51. The lowest BCUT2D eigenvalue weighted by Gasteiger charge is -2.18. The van der Waals surface area contributed by atoms with Crippen LogP contribution in [0, 0.1) is 0 Å². The van der Waals surface area contributed by atoms with Gasteiger partial charge in [0.1, 0.15) is 5.56 Å². The number of aromatic amines is 1. The fourth-order valence-corrected chi connectivity index (χ4v) is 2.03. The molecule has 0 saturated heterocycles. The third-order valence-corrected chi connectivity index (χ3v) is 3.27. The number of pyridine rings is 1. The van der Waals surface area contributed by atoms with Gasteiger partial charge >= 0.3 is 0 Å². The first-order valence-corrected chi connectivity index (χ1v) is 6.68. The molecule has 1 heterocycles. The summed E-state index contributed by atoms with van der Waals surface area (Å²) >= 11 is 0. The van der Waals surface area contributed by atoms with E-state index in [1.807, 2.05) is 43.3 Å². The number of hydrogen-bond donors (Lipinski definition) is 1. The zero-order chi connectivity index (χ0) is 15.4. The molecule has 0 atom stereocenters. The largest absolute Gasteiger partial charge is 0.378 e. The molecule has 0 radical (unpaired) electrons. The van der Waals surface area contributed by atoms with E-state index in [9.17, 15) is 9.59 Å². The first-order valence-electron chi connectivity index (χ1n) is 6.68. The van der Waals surface area contributed by atoms with Crippen molar-refractivity contribution in [2.24, 2.45) is 0 Å². The van der Waals surface area contributed by atoms with E-state index in [1.54, 1.807) is 7.05 Å². The van der Waals surface area contributed by atoms with Crippen LogP contribution in [-0.4, -0.2) is 36.9 Å². The van der Waals surface area contributed by atoms with Gasteiger partial charge in [-0.25, -0.2) is 0 Å². The zero-order valence-corrected chi connectivity index (χ0v) is 12.5. The maximum atomic E-state index is 12.2. The van der Waals surface area contributed by atoms with E-state index < -0.39 is 0 Å². The molecule has 1 N–H and O–H groups in total. The van der Waals surface area contributed by atoms with Crippen molar-refractivity contribution in [2.75, 3.05) is 26.0 Å². The molecule has 0 unspecified atom stereocenters. The molecular formula is C16H19N3O2. The first-order chi connectivity index (χ1) is 9.99. The summed E-state index contributed by atoms with van der Waals surface area (Å²) in [5.41, 5.74) is 2.01. The second-order valence-corrected chi connectivity index (χ2v) is 5.14. The van der Waals surface area contributed by atoms with Crippen LogP contribution in [0.5, 0.6) is 0 Å². The van der Waals surface area contributed by atoms with E-state index in [0.717, 1.165) is 11.3 Å². The maximum absolute atomic E-state index is 12.2. The van der Waals surface area contributed by atoms with Crippen molar-refractivity contribution in [3.63, 3.8) is 0 Å². The van der Waals surface area contributed by atoms with Gasteiger partial charge in [0.05, 0.1) is 0 Å². The standard InChI is InChI=1S/C16H19N3O2/c1-18(2)13-6-4-12(5-7-13)11-19(3)16(21)14-10-17-9-8-15(14)20/h4-10H,11H2,1-3H3,(H,17,20). The predicted molar refractivity (Wildman–Crippen MR) is 83.6 cm³/mol. The number of H-pyrrole nitrogens is 1. The van der Waals surface area contributed by atoms with Gasteiger partial charge in [0, 0.05) is 51.8 Å². The highest BCUT2D eigenvalue weighted by atomic mass is 16.2. The first kappa shape index (κ1) is 14.8. The van der Waals surface area contributed by atoms with Crippen LogP contribution in [0.2, 0.25) is 0 Å². The number of rotatable bonds is 4. The Morgan fingerprint density at radius 3 is 2.33 bits per heavy atom. The molecule has 0 spiro atoms. The average Bonchev–Trinajstić information content (AvgIpc) is 2.47. The molecule has 5 nitrogen and oxygen atoms in total. The molecule has 0 aliphatic carbocycles. The fraction of sp³-hybridized carbons (Fsp3) is 0.250. The van der Waals surface area contributed by atoms with E-state index in [0.29, 0.717) is 6.54 Å². The monoisotopic (exact) mass is 285 g/mol. The molecular weight excluding hydrogens is 266 g/mol. The van der Waals surface area contributed by atoms with E-state index in [-0.39, 0.29) is 16.9 Å². The Kier molecular flexibility index (Phi) is 4.42. The van der Waals surface area contributed by atoms with Gasteiger partial charge in [-0.2, -0.15) is 0 Å². The maximum Gasteiger partial charge on any atom is 0.259 e. The van der Waals surface area contributed by atoms with Crippen molar-refractivity contribution < 1.29 is 4.79 Å². The number of nitrogens with one attached hydrogen (secondary N) is 1. The van der Waals surface area contributed by atoms with Gasteiger partial charge < -0.3 is 14.8 Å². The molecule has 21 heavy (non-hydrogen) atoms. The number of hydrogen-bond acceptors (Lipinski definition) is 3. The van der Waals surface area contributed by atoms with E-state index in [1.165, 1.54) is 23.4 Å². The van der Waals surface area contributed by atoms with Crippen molar-refractivity contribution in [2.45, 2.75) is 6.54 Å². The minimum atomic E-state index is -0.284. The number of anilines is 1. The summed E-state index contributed by atoms with van der Waals surface area (Å²) in [6, 6.07) is 9.32. The van der Waals surface area contributed by atoms with Crippen molar-refractivity contribution in [3.05, 3.63) is 64.1 Å². The molecule has 1 aromatic heterocycles. The topological polar surface area (TPSA) is 56.4 Å². The molecule has 110 valence electrons. The minimum absolute atomic E-state index is 0.157. The smallest absolute Gasteiger partial charge is 0.259 e. The van der Waals surface area contributed by atoms with Gasteiger partial charge in [-0.15, -0.1) is 0 Å². The minimum Gasteiger partial charge on any atom is -0.378 e. The number of carbonyl (C=O) groups is 1. The summed E-state index contributed by atoms with van der Waals surface area (Å²) in [5, 5.41) is 0. The molecule has 5 heteroatoms. The lowest BCUT2D eigenvalue weighted by molar-refractivity contribution is 0.0783.